The topological polar surface area (TPSA) is 119 Å². The molecule has 1 aromatic heterocycles. The van der Waals surface area contributed by atoms with Crippen LogP contribution >= 0.6 is 0 Å². The van der Waals surface area contributed by atoms with E-state index in [0.717, 1.165) is 24.3 Å². The van der Waals surface area contributed by atoms with Gasteiger partial charge < -0.3 is 0 Å². The molecule has 0 aliphatic rings. The van der Waals surface area contributed by atoms with Crippen molar-refractivity contribution in [1.82, 2.24) is 9.71 Å². The molecule has 2 aromatic carbocycles. The van der Waals surface area contributed by atoms with E-state index in [1.54, 1.807) is 24.3 Å². The van der Waals surface area contributed by atoms with E-state index < -0.39 is 20.9 Å². The van der Waals surface area contributed by atoms with Gasteiger partial charge in [0.05, 0.1) is 20.9 Å². The minimum atomic E-state index is -4.17. The van der Waals surface area contributed by atoms with Crippen molar-refractivity contribution in [2.45, 2.75) is 4.90 Å². The Balaban J connectivity index is 1.92. The average molecular weight is 357 g/mol. The van der Waals surface area contributed by atoms with E-state index in [1.807, 2.05) is 4.72 Å². The Hall–Kier alpha value is -3.33. The van der Waals surface area contributed by atoms with E-state index in [0.29, 0.717) is 10.9 Å². The molecule has 0 aliphatic carbocycles. The summed E-state index contributed by atoms with van der Waals surface area (Å²) in [6.07, 6.45) is 1.50. The Morgan fingerprint density at radius 3 is 2.40 bits per heavy atom. The second-order valence-electron chi connectivity index (χ2n) is 5.07. The molecule has 0 aliphatic heterocycles. The van der Waals surface area contributed by atoms with Crippen LogP contribution in [0.15, 0.2) is 65.7 Å². The second kappa shape index (κ2) is 6.29. The lowest BCUT2D eigenvalue weighted by atomic mass is 10.1. The number of nitrogens with one attached hydrogen (secondary N) is 1. The lowest BCUT2D eigenvalue weighted by Crippen LogP contribution is -2.30. The van der Waals surface area contributed by atoms with E-state index in [4.69, 9.17) is 0 Å². The van der Waals surface area contributed by atoms with Gasteiger partial charge in [0.25, 0.3) is 21.6 Å². The Kier molecular flexibility index (Phi) is 4.15. The number of para-hydroxylation sites is 1. The number of nitro benzene ring substituents is 1. The summed E-state index contributed by atoms with van der Waals surface area (Å²) in [5, 5.41) is 11.3. The minimum absolute atomic E-state index is 0.114. The molecule has 1 heterocycles. The van der Waals surface area contributed by atoms with Crippen LogP contribution in [0.4, 0.5) is 5.69 Å². The van der Waals surface area contributed by atoms with Crippen molar-refractivity contribution in [3.8, 4) is 0 Å². The molecule has 9 heteroatoms. The predicted octanol–water partition coefficient (Wildman–Crippen LogP) is 2.26. The molecule has 0 radical (unpaired) electrons. The number of carbonyl (C=O) groups excluding carboxylic acids is 1. The summed E-state index contributed by atoms with van der Waals surface area (Å²) in [4.78, 5) is 26.2. The number of rotatable bonds is 4. The van der Waals surface area contributed by atoms with E-state index >= 15 is 0 Å². The van der Waals surface area contributed by atoms with E-state index in [9.17, 15) is 23.3 Å². The number of hydrogen-bond donors (Lipinski definition) is 1. The summed E-state index contributed by atoms with van der Waals surface area (Å²) in [5.74, 6) is -0.831. The molecular weight excluding hydrogens is 346 g/mol. The van der Waals surface area contributed by atoms with Crippen LogP contribution in [0.3, 0.4) is 0 Å². The minimum Gasteiger partial charge on any atom is -0.268 e. The van der Waals surface area contributed by atoms with Gasteiger partial charge in [0.1, 0.15) is 0 Å². The molecule has 126 valence electrons. The van der Waals surface area contributed by atoms with Crippen molar-refractivity contribution < 1.29 is 18.1 Å². The van der Waals surface area contributed by atoms with Gasteiger partial charge in [-0.15, -0.1) is 0 Å². The van der Waals surface area contributed by atoms with Crippen LogP contribution in [-0.2, 0) is 10.0 Å². The van der Waals surface area contributed by atoms with E-state index in [-0.39, 0.29) is 16.1 Å². The first kappa shape index (κ1) is 16.5. The van der Waals surface area contributed by atoms with Gasteiger partial charge >= 0.3 is 0 Å². The monoisotopic (exact) mass is 357 g/mol. The molecule has 3 aromatic rings. The van der Waals surface area contributed by atoms with Crippen molar-refractivity contribution in [1.29, 1.82) is 0 Å². The Bertz CT molecular complexity index is 1070. The van der Waals surface area contributed by atoms with Crippen LogP contribution in [0.1, 0.15) is 10.4 Å². The number of sulfonamides is 1. The van der Waals surface area contributed by atoms with Crippen molar-refractivity contribution in [2.24, 2.45) is 0 Å². The summed E-state index contributed by atoms with van der Waals surface area (Å²) in [6, 6.07) is 12.5. The Morgan fingerprint density at radius 2 is 1.72 bits per heavy atom. The highest BCUT2D eigenvalue weighted by atomic mass is 32.2. The third-order valence-corrected chi connectivity index (χ3v) is 4.81. The van der Waals surface area contributed by atoms with Crippen LogP contribution < -0.4 is 4.72 Å². The Labute approximate surface area is 142 Å². The van der Waals surface area contributed by atoms with Crippen molar-refractivity contribution in [3.05, 3.63) is 76.5 Å². The largest absolute Gasteiger partial charge is 0.269 e. The number of carbonyl (C=O) groups is 1. The Morgan fingerprint density at radius 1 is 1.04 bits per heavy atom. The fraction of sp³-hybridized carbons (Fsp3) is 0. The zero-order valence-corrected chi connectivity index (χ0v) is 13.4. The molecule has 0 spiro atoms. The van der Waals surface area contributed by atoms with Crippen LogP contribution in [0.2, 0.25) is 0 Å². The number of benzene rings is 2. The van der Waals surface area contributed by atoms with E-state index in [2.05, 4.69) is 4.98 Å². The van der Waals surface area contributed by atoms with Crippen molar-refractivity contribution in [2.75, 3.05) is 0 Å². The van der Waals surface area contributed by atoms with Gasteiger partial charge in [0.2, 0.25) is 0 Å². The zero-order chi connectivity index (χ0) is 18.0. The molecule has 0 saturated carbocycles. The van der Waals surface area contributed by atoms with Gasteiger partial charge in [0.15, 0.2) is 0 Å². The highest BCUT2D eigenvalue weighted by molar-refractivity contribution is 7.90. The van der Waals surface area contributed by atoms with Crippen LogP contribution in [0, 0.1) is 10.1 Å². The molecule has 8 nitrogen and oxygen atoms in total. The number of pyridine rings is 1. The summed E-state index contributed by atoms with van der Waals surface area (Å²) in [7, 11) is -4.17. The van der Waals surface area contributed by atoms with Crippen molar-refractivity contribution in [3.63, 3.8) is 0 Å². The molecule has 1 amide bonds. The third kappa shape index (κ3) is 3.31. The third-order valence-electron chi connectivity index (χ3n) is 3.46. The summed E-state index contributed by atoms with van der Waals surface area (Å²) in [6.45, 7) is 0. The maximum Gasteiger partial charge on any atom is 0.269 e. The molecule has 0 unspecified atom stereocenters. The van der Waals surface area contributed by atoms with Gasteiger partial charge in [-0.25, -0.2) is 13.1 Å². The molecule has 0 fully saturated rings. The lowest BCUT2D eigenvalue weighted by Gasteiger charge is -2.08. The normalized spacial score (nSPS) is 11.2. The van der Waals surface area contributed by atoms with Gasteiger partial charge in [-0.2, -0.15) is 0 Å². The molecular formula is C16H11N3O5S. The molecule has 0 atom stereocenters. The summed E-state index contributed by atoms with van der Waals surface area (Å²) >= 11 is 0. The van der Waals surface area contributed by atoms with Crippen LogP contribution in [0.25, 0.3) is 10.9 Å². The molecule has 0 bridgehead atoms. The maximum atomic E-state index is 12.4. The zero-order valence-electron chi connectivity index (χ0n) is 12.6. The van der Waals surface area contributed by atoms with Crippen LogP contribution in [-0.4, -0.2) is 24.2 Å². The predicted molar refractivity (Wildman–Crippen MR) is 89.5 cm³/mol. The fourth-order valence-electron chi connectivity index (χ4n) is 2.27. The molecule has 25 heavy (non-hydrogen) atoms. The number of non-ortho nitro benzene ring substituents is 1. The summed E-state index contributed by atoms with van der Waals surface area (Å²) < 4.78 is 26.6. The number of fused-ring (bicyclic) bond motifs is 1. The van der Waals surface area contributed by atoms with E-state index in [1.165, 1.54) is 12.3 Å². The number of nitrogens with zero attached hydrogens (tertiary/aromatic N) is 2. The standard InChI is InChI=1S/C16H11N3O5S/c20-16(14-5-1-3-11-4-2-10-17-15(11)14)18-25(23,24)13-8-6-12(7-9-13)19(21)22/h1-10H,(H,18,20). The highest BCUT2D eigenvalue weighted by Crippen LogP contribution is 2.18. The van der Waals surface area contributed by atoms with Crippen molar-refractivity contribution >= 4 is 32.5 Å². The second-order valence-corrected chi connectivity index (χ2v) is 6.75. The molecule has 0 saturated heterocycles. The number of hydrogen-bond acceptors (Lipinski definition) is 6. The lowest BCUT2D eigenvalue weighted by molar-refractivity contribution is -0.384. The SMILES string of the molecule is O=C(NS(=O)(=O)c1ccc([N+](=O)[O-])cc1)c1cccc2cccnc12. The van der Waals surface area contributed by atoms with Gasteiger partial charge in [0, 0.05) is 23.7 Å². The number of nitro groups is 1. The van der Waals surface area contributed by atoms with Crippen LogP contribution in [0.5, 0.6) is 0 Å². The maximum absolute atomic E-state index is 12.4. The molecule has 3 rings (SSSR count). The average Bonchev–Trinajstić information content (AvgIpc) is 2.61. The quantitative estimate of drug-likeness (QED) is 0.565. The van der Waals surface area contributed by atoms with Gasteiger partial charge in [-0.1, -0.05) is 18.2 Å². The van der Waals surface area contributed by atoms with Gasteiger partial charge in [-0.05, 0) is 24.3 Å². The first-order chi connectivity index (χ1) is 11.9. The number of amides is 1. The first-order valence-corrected chi connectivity index (χ1v) is 8.52. The highest BCUT2D eigenvalue weighted by Gasteiger charge is 2.21. The molecule has 1 N–H and O–H groups in total. The first-order valence-electron chi connectivity index (χ1n) is 7.04. The number of aromatic nitrogens is 1. The fourth-order valence-corrected chi connectivity index (χ4v) is 3.24. The summed E-state index contributed by atoms with van der Waals surface area (Å²) in [5.41, 5.74) is 0.244. The smallest absolute Gasteiger partial charge is 0.268 e. The van der Waals surface area contributed by atoms with Gasteiger partial charge in [-0.3, -0.25) is 19.9 Å².